The molecule has 134 valence electrons. The summed E-state index contributed by atoms with van der Waals surface area (Å²) < 4.78 is -0.943. The maximum absolute atomic E-state index is 12.2. The molecule has 0 aromatic rings. The molecule has 0 aromatic carbocycles. The van der Waals surface area contributed by atoms with Crippen molar-refractivity contribution in [2.45, 2.75) is 54.6 Å². The van der Waals surface area contributed by atoms with E-state index in [1.54, 1.807) is 13.8 Å². The largest absolute Gasteiger partial charge is 0.480 e. The van der Waals surface area contributed by atoms with Gasteiger partial charge in [0.15, 0.2) is 6.04 Å². The number of hydrogen-bond acceptors (Lipinski definition) is 7. The van der Waals surface area contributed by atoms with E-state index < -0.39 is 51.7 Å². The highest BCUT2D eigenvalue weighted by atomic mass is 32.2. The van der Waals surface area contributed by atoms with Gasteiger partial charge in [-0.1, -0.05) is 11.8 Å². The monoisotopic (exact) mass is 361 g/mol. The van der Waals surface area contributed by atoms with Crippen molar-refractivity contribution in [2.75, 3.05) is 0 Å². The topological polar surface area (TPSA) is 170 Å². The van der Waals surface area contributed by atoms with Gasteiger partial charge in [-0.15, -0.1) is 0 Å². The molecule has 0 radical (unpaired) electrons. The van der Waals surface area contributed by atoms with Crippen molar-refractivity contribution in [3.05, 3.63) is 0 Å². The van der Waals surface area contributed by atoms with Crippen molar-refractivity contribution >= 4 is 35.5 Å². The van der Waals surface area contributed by atoms with Gasteiger partial charge in [0.25, 0.3) is 5.91 Å². The minimum Gasteiger partial charge on any atom is -0.480 e. The number of carbonyl (C=O) groups excluding carboxylic acids is 2. The number of thioether (sulfide) groups is 1. The lowest BCUT2D eigenvalue weighted by Crippen LogP contribution is -2.78. The van der Waals surface area contributed by atoms with Gasteiger partial charge in [-0.25, -0.2) is 4.79 Å². The van der Waals surface area contributed by atoms with Gasteiger partial charge in [0.05, 0.1) is 0 Å². The highest BCUT2D eigenvalue weighted by molar-refractivity contribution is 8.02. The van der Waals surface area contributed by atoms with Gasteiger partial charge < -0.3 is 26.4 Å². The molecule has 2 unspecified atom stereocenters. The van der Waals surface area contributed by atoms with E-state index in [1.165, 1.54) is 0 Å². The van der Waals surface area contributed by atoms with E-state index in [2.05, 4.69) is 5.32 Å². The van der Waals surface area contributed by atoms with Crippen LogP contribution in [0.25, 0.3) is 0 Å². The lowest BCUT2D eigenvalue weighted by Gasteiger charge is -2.49. The molecule has 2 aliphatic heterocycles. The quantitative estimate of drug-likeness (QED) is 0.340. The molecule has 0 spiro atoms. The molecular weight excluding hydrogens is 342 g/mol. The number of nitrogens with two attached hydrogens (primary N) is 1. The van der Waals surface area contributed by atoms with Crippen LogP contribution in [0.4, 0.5) is 0 Å². The second kappa shape index (κ2) is 5.90. The molecule has 6 N–H and O–H groups in total. The van der Waals surface area contributed by atoms with Gasteiger partial charge >= 0.3 is 11.9 Å². The van der Waals surface area contributed by atoms with Crippen LogP contribution in [0.1, 0.15) is 26.7 Å². The van der Waals surface area contributed by atoms with E-state index in [0.717, 1.165) is 16.7 Å². The van der Waals surface area contributed by atoms with Crippen molar-refractivity contribution in [1.29, 1.82) is 0 Å². The summed E-state index contributed by atoms with van der Waals surface area (Å²) in [5.41, 5.74) is 5.29. The van der Waals surface area contributed by atoms with Gasteiger partial charge in [-0.05, 0) is 20.3 Å². The Morgan fingerprint density at radius 3 is 2.46 bits per heavy atom. The molecule has 0 aromatic heterocycles. The van der Waals surface area contributed by atoms with Gasteiger partial charge in [0.2, 0.25) is 11.0 Å². The zero-order valence-electron chi connectivity index (χ0n) is 13.1. The minimum absolute atomic E-state index is 0.124. The molecule has 0 bridgehead atoms. The maximum Gasteiger partial charge on any atom is 0.328 e. The van der Waals surface area contributed by atoms with Crippen molar-refractivity contribution in [2.24, 2.45) is 5.73 Å². The molecule has 2 aliphatic rings. The predicted molar refractivity (Wildman–Crippen MR) is 81.7 cm³/mol. The molecule has 11 heteroatoms. The standard InChI is InChI=1S/C13H19N3O7S/c1-12(2)8(11(21)22)16-9(18)7(13(16,23)24-12)15-6(17)4-3-5(14)10(19)20/h5,7-8,23H,3-4,14H2,1-2H3,(H,15,17)(H,19,20)(H,21,22)/t5?,7-,8+,13?/m1/s1. The molecule has 24 heavy (non-hydrogen) atoms. The van der Waals surface area contributed by atoms with Crippen LogP contribution < -0.4 is 11.1 Å². The SMILES string of the molecule is CC1(C)SC2(O)[C@H](NC(=O)CCC(N)C(=O)O)C(=O)N2[C@H]1C(=O)O. The summed E-state index contributed by atoms with van der Waals surface area (Å²) in [4.78, 5) is 46.9. The average Bonchev–Trinajstić information content (AvgIpc) is 2.65. The summed E-state index contributed by atoms with van der Waals surface area (Å²) in [5.74, 6) is -3.83. The Morgan fingerprint density at radius 1 is 1.38 bits per heavy atom. The fourth-order valence-corrected chi connectivity index (χ4v) is 4.58. The Morgan fingerprint density at radius 2 is 1.96 bits per heavy atom. The molecule has 2 saturated heterocycles. The van der Waals surface area contributed by atoms with Crippen LogP contribution >= 0.6 is 11.8 Å². The third-order valence-electron chi connectivity index (χ3n) is 4.07. The number of β-lactam (4-membered cyclic amide) rings is 1. The normalized spacial score (nSPS) is 31.8. The molecule has 2 heterocycles. The number of amides is 2. The fraction of sp³-hybridized carbons (Fsp3) is 0.692. The zero-order chi connectivity index (χ0) is 18.4. The summed E-state index contributed by atoms with van der Waals surface area (Å²) in [6, 6.07) is -3.70. The predicted octanol–water partition coefficient (Wildman–Crippen LogP) is -1.87. The summed E-state index contributed by atoms with van der Waals surface area (Å²) in [6.45, 7) is 3.18. The van der Waals surface area contributed by atoms with E-state index in [1.807, 2.05) is 0 Å². The smallest absolute Gasteiger partial charge is 0.328 e. The van der Waals surface area contributed by atoms with Crippen molar-refractivity contribution in [1.82, 2.24) is 10.2 Å². The molecule has 4 atom stereocenters. The first-order valence-corrected chi connectivity index (χ1v) is 7.99. The van der Waals surface area contributed by atoms with Gasteiger partial charge in [0, 0.05) is 11.2 Å². The molecule has 0 saturated carbocycles. The van der Waals surface area contributed by atoms with Gasteiger partial charge in [-0.3, -0.25) is 19.3 Å². The van der Waals surface area contributed by atoms with Gasteiger partial charge in [0.1, 0.15) is 12.1 Å². The summed E-state index contributed by atoms with van der Waals surface area (Å²) in [6.07, 6.45) is -0.357. The second-order valence-corrected chi connectivity index (χ2v) is 8.15. The average molecular weight is 361 g/mol. The fourth-order valence-electron chi connectivity index (χ4n) is 2.91. The highest BCUT2D eigenvalue weighted by Gasteiger charge is 2.73. The summed E-state index contributed by atoms with van der Waals surface area (Å²) in [5, 5.41) is 29.1. The lowest BCUT2D eigenvalue weighted by atomic mass is 9.94. The second-order valence-electron chi connectivity index (χ2n) is 6.30. The van der Waals surface area contributed by atoms with Crippen LogP contribution in [0.3, 0.4) is 0 Å². The zero-order valence-corrected chi connectivity index (χ0v) is 13.9. The van der Waals surface area contributed by atoms with Crippen LogP contribution in [0.2, 0.25) is 0 Å². The summed E-state index contributed by atoms with van der Waals surface area (Å²) in [7, 11) is 0. The Hall–Kier alpha value is -1.85. The van der Waals surface area contributed by atoms with Crippen molar-refractivity contribution < 1.29 is 34.5 Å². The molecule has 2 amide bonds. The number of aliphatic carboxylic acids is 2. The Balaban J connectivity index is 2.05. The number of carboxylic acid groups (broad SMARTS) is 2. The molecular formula is C13H19N3O7S. The van der Waals surface area contributed by atoms with E-state index >= 15 is 0 Å². The van der Waals surface area contributed by atoms with Gasteiger partial charge in [-0.2, -0.15) is 0 Å². The van der Waals surface area contributed by atoms with Crippen molar-refractivity contribution in [3.63, 3.8) is 0 Å². The number of rotatable bonds is 6. The Kier molecular flexibility index (Phi) is 4.55. The summed E-state index contributed by atoms with van der Waals surface area (Å²) >= 11 is 0.886. The van der Waals surface area contributed by atoms with Crippen LogP contribution in [-0.4, -0.2) is 71.9 Å². The number of aliphatic hydroxyl groups is 1. The lowest BCUT2D eigenvalue weighted by molar-refractivity contribution is -0.192. The number of nitrogens with zero attached hydrogens (tertiary/aromatic N) is 1. The first-order chi connectivity index (χ1) is 10.9. The van der Waals surface area contributed by atoms with Crippen LogP contribution in [-0.2, 0) is 19.2 Å². The Labute approximate surface area is 141 Å². The molecule has 2 rings (SSSR count). The third-order valence-corrected chi connectivity index (χ3v) is 5.56. The van der Waals surface area contributed by atoms with E-state index in [9.17, 15) is 29.4 Å². The number of carbonyl (C=O) groups is 4. The molecule has 0 aliphatic carbocycles. The Bertz CT molecular complexity index is 610. The van der Waals surface area contributed by atoms with Crippen LogP contribution in [0.15, 0.2) is 0 Å². The molecule has 2 fully saturated rings. The molecule has 10 nitrogen and oxygen atoms in total. The number of hydrogen-bond donors (Lipinski definition) is 5. The first-order valence-electron chi connectivity index (χ1n) is 7.18. The van der Waals surface area contributed by atoms with E-state index in [4.69, 9.17) is 10.8 Å². The third kappa shape index (κ3) is 2.82. The van der Waals surface area contributed by atoms with Crippen LogP contribution in [0, 0.1) is 0 Å². The van der Waals surface area contributed by atoms with E-state index in [-0.39, 0.29) is 12.8 Å². The van der Waals surface area contributed by atoms with Crippen LogP contribution in [0.5, 0.6) is 0 Å². The maximum atomic E-state index is 12.2. The number of carboxylic acids is 2. The highest BCUT2D eigenvalue weighted by Crippen LogP contribution is 2.56. The minimum atomic E-state index is -1.84. The first kappa shape index (κ1) is 18.5. The van der Waals surface area contributed by atoms with Crippen molar-refractivity contribution in [3.8, 4) is 0 Å². The number of fused-ring (bicyclic) bond motifs is 1. The number of nitrogens with one attached hydrogen (secondary N) is 1. The van der Waals surface area contributed by atoms with E-state index in [0.29, 0.717) is 0 Å².